The van der Waals surface area contributed by atoms with Gasteiger partial charge in [0.1, 0.15) is 11.5 Å². The molecule has 0 bridgehead atoms. The number of aliphatic hydroxyl groups is 1. The Kier molecular flexibility index (Phi) is 7.92. The average molecular weight is 451 g/mol. The van der Waals surface area contributed by atoms with Crippen LogP contribution in [0.1, 0.15) is 43.0 Å². The van der Waals surface area contributed by atoms with E-state index in [0.29, 0.717) is 30.4 Å². The summed E-state index contributed by atoms with van der Waals surface area (Å²) in [5.74, 6) is -0.260. The molecule has 0 radical (unpaired) electrons. The molecule has 1 aliphatic heterocycles. The summed E-state index contributed by atoms with van der Waals surface area (Å²) in [6.45, 7) is 7.84. The van der Waals surface area contributed by atoms with Crippen LogP contribution in [0.2, 0.25) is 0 Å². The molecule has 2 aromatic rings. The standard InChI is InChI=1S/C27H34N2O4/c1-18(2)17-33-21-12-13-22(19(3)16-21)25(30)23-24(20-10-7-6-8-11-20)29(27(32)26(23)31)15-9-14-28(4)5/h6-8,10-13,16,18,24,30H,9,14-15,17H2,1-5H3/b25-23+/t24-/m0/s1. The number of ketones is 1. The lowest BCUT2D eigenvalue weighted by atomic mass is 9.94. The minimum absolute atomic E-state index is 0.134. The van der Waals surface area contributed by atoms with Crippen LogP contribution in [0.5, 0.6) is 5.75 Å². The number of carbonyl (C=O) groups excluding carboxylic acids is 2. The Morgan fingerprint density at radius 1 is 1.12 bits per heavy atom. The van der Waals surface area contributed by atoms with Gasteiger partial charge < -0.3 is 19.6 Å². The number of carbonyl (C=O) groups is 2. The fourth-order valence-corrected chi connectivity index (χ4v) is 4.05. The second kappa shape index (κ2) is 10.7. The van der Waals surface area contributed by atoms with Crippen LogP contribution in [0.15, 0.2) is 54.1 Å². The van der Waals surface area contributed by atoms with Gasteiger partial charge in [-0.25, -0.2) is 0 Å². The van der Waals surface area contributed by atoms with E-state index in [1.54, 1.807) is 17.0 Å². The monoisotopic (exact) mass is 450 g/mol. The number of nitrogens with zero attached hydrogens (tertiary/aromatic N) is 2. The van der Waals surface area contributed by atoms with Crippen molar-refractivity contribution < 1.29 is 19.4 Å². The van der Waals surface area contributed by atoms with E-state index in [-0.39, 0.29) is 11.3 Å². The Morgan fingerprint density at radius 2 is 1.82 bits per heavy atom. The summed E-state index contributed by atoms with van der Waals surface area (Å²) < 4.78 is 5.79. The lowest BCUT2D eigenvalue weighted by molar-refractivity contribution is -0.139. The fourth-order valence-electron chi connectivity index (χ4n) is 4.05. The first kappa shape index (κ1) is 24.5. The molecule has 0 aliphatic carbocycles. The van der Waals surface area contributed by atoms with Gasteiger partial charge in [0, 0.05) is 12.1 Å². The normalized spacial score (nSPS) is 17.9. The first-order valence-electron chi connectivity index (χ1n) is 11.4. The lowest BCUT2D eigenvalue weighted by Crippen LogP contribution is -2.32. The van der Waals surface area contributed by atoms with Gasteiger partial charge in [-0.2, -0.15) is 0 Å². The third-order valence-electron chi connectivity index (χ3n) is 5.70. The van der Waals surface area contributed by atoms with E-state index in [1.165, 1.54) is 0 Å². The van der Waals surface area contributed by atoms with Gasteiger partial charge in [0.2, 0.25) is 0 Å². The Hall–Kier alpha value is -3.12. The van der Waals surface area contributed by atoms with Crippen molar-refractivity contribution in [3.8, 4) is 5.75 Å². The maximum absolute atomic E-state index is 13.1. The molecule has 1 aliphatic rings. The van der Waals surface area contributed by atoms with Gasteiger partial charge >= 0.3 is 0 Å². The van der Waals surface area contributed by atoms with E-state index in [9.17, 15) is 14.7 Å². The van der Waals surface area contributed by atoms with Gasteiger partial charge in [-0.15, -0.1) is 0 Å². The fraction of sp³-hybridized carbons (Fsp3) is 0.407. The molecule has 2 aromatic carbocycles. The van der Waals surface area contributed by atoms with Crippen molar-refractivity contribution in [1.82, 2.24) is 9.80 Å². The minimum Gasteiger partial charge on any atom is -0.507 e. The van der Waals surface area contributed by atoms with E-state index in [1.807, 2.05) is 62.3 Å². The topological polar surface area (TPSA) is 70.1 Å². The molecule has 1 saturated heterocycles. The van der Waals surface area contributed by atoms with Crippen molar-refractivity contribution >= 4 is 17.4 Å². The molecule has 33 heavy (non-hydrogen) atoms. The smallest absolute Gasteiger partial charge is 0.295 e. The molecule has 0 aromatic heterocycles. The molecule has 1 N–H and O–H groups in total. The van der Waals surface area contributed by atoms with Crippen molar-refractivity contribution in [2.45, 2.75) is 33.2 Å². The molecular weight excluding hydrogens is 416 g/mol. The van der Waals surface area contributed by atoms with Crippen molar-refractivity contribution in [3.63, 3.8) is 0 Å². The third kappa shape index (κ3) is 5.63. The predicted octanol–water partition coefficient (Wildman–Crippen LogP) is 4.40. The number of rotatable bonds is 9. The van der Waals surface area contributed by atoms with Gasteiger partial charge in [0.15, 0.2) is 0 Å². The summed E-state index contributed by atoms with van der Waals surface area (Å²) >= 11 is 0. The van der Waals surface area contributed by atoms with Crippen molar-refractivity contribution in [2.75, 3.05) is 33.8 Å². The van der Waals surface area contributed by atoms with E-state index in [0.717, 1.165) is 24.1 Å². The molecule has 176 valence electrons. The zero-order chi connectivity index (χ0) is 24.1. The highest BCUT2D eigenvalue weighted by Crippen LogP contribution is 2.40. The number of amides is 1. The first-order valence-corrected chi connectivity index (χ1v) is 11.4. The Morgan fingerprint density at radius 3 is 2.42 bits per heavy atom. The maximum atomic E-state index is 13.1. The Labute approximate surface area is 196 Å². The van der Waals surface area contributed by atoms with Crippen molar-refractivity contribution in [2.24, 2.45) is 5.92 Å². The number of likely N-dealkylation sites (tertiary alicyclic amines) is 1. The van der Waals surface area contributed by atoms with Gasteiger partial charge in [-0.05, 0) is 69.2 Å². The van der Waals surface area contributed by atoms with Crippen molar-refractivity contribution in [3.05, 3.63) is 70.8 Å². The van der Waals surface area contributed by atoms with Gasteiger partial charge in [-0.3, -0.25) is 9.59 Å². The minimum atomic E-state index is -0.647. The summed E-state index contributed by atoms with van der Waals surface area (Å²) in [5, 5.41) is 11.3. The van der Waals surface area contributed by atoms with Crippen LogP contribution in [0.3, 0.4) is 0 Å². The number of hydrogen-bond donors (Lipinski definition) is 1. The molecule has 1 fully saturated rings. The van der Waals surface area contributed by atoms with Gasteiger partial charge in [0.05, 0.1) is 18.2 Å². The number of benzene rings is 2. The van der Waals surface area contributed by atoms with E-state index >= 15 is 0 Å². The van der Waals surface area contributed by atoms with Crippen LogP contribution in [0.25, 0.3) is 5.76 Å². The quantitative estimate of drug-likeness (QED) is 0.348. The van der Waals surface area contributed by atoms with E-state index in [4.69, 9.17) is 4.74 Å². The van der Waals surface area contributed by atoms with Gasteiger partial charge in [-0.1, -0.05) is 44.2 Å². The molecule has 0 saturated carbocycles. The highest BCUT2D eigenvalue weighted by molar-refractivity contribution is 6.46. The molecule has 6 heteroatoms. The number of aliphatic hydroxyl groups excluding tert-OH is 1. The third-order valence-corrected chi connectivity index (χ3v) is 5.70. The summed E-state index contributed by atoms with van der Waals surface area (Å²) in [5.41, 5.74) is 2.24. The largest absolute Gasteiger partial charge is 0.507 e. The number of Topliss-reactive ketones (excluding diaryl/α,β-unsaturated/α-hetero) is 1. The second-order valence-corrected chi connectivity index (χ2v) is 9.24. The van der Waals surface area contributed by atoms with Crippen LogP contribution in [-0.2, 0) is 9.59 Å². The number of ether oxygens (including phenoxy) is 1. The maximum Gasteiger partial charge on any atom is 0.295 e. The highest BCUT2D eigenvalue weighted by atomic mass is 16.5. The molecule has 6 nitrogen and oxygen atoms in total. The SMILES string of the molecule is Cc1cc(OCC(C)C)ccc1/C(O)=C1\C(=O)C(=O)N(CCCN(C)C)[C@H]1c1ccccc1. The van der Waals surface area contributed by atoms with Crippen LogP contribution in [-0.4, -0.2) is 60.4 Å². The molecule has 1 amide bonds. The number of hydrogen-bond acceptors (Lipinski definition) is 5. The van der Waals surface area contributed by atoms with Crippen LogP contribution in [0.4, 0.5) is 0 Å². The molecule has 1 heterocycles. The van der Waals surface area contributed by atoms with E-state index in [2.05, 4.69) is 13.8 Å². The van der Waals surface area contributed by atoms with Crippen LogP contribution < -0.4 is 4.74 Å². The summed E-state index contributed by atoms with van der Waals surface area (Å²) in [7, 11) is 3.94. The van der Waals surface area contributed by atoms with Crippen molar-refractivity contribution in [1.29, 1.82) is 0 Å². The van der Waals surface area contributed by atoms with E-state index < -0.39 is 17.7 Å². The van der Waals surface area contributed by atoms with Gasteiger partial charge in [0.25, 0.3) is 11.7 Å². The average Bonchev–Trinajstić information content (AvgIpc) is 3.02. The summed E-state index contributed by atoms with van der Waals surface area (Å²) in [4.78, 5) is 29.7. The van der Waals surface area contributed by atoms with Crippen LogP contribution >= 0.6 is 0 Å². The molecule has 0 spiro atoms. The summed E-state index contributed by atoms with van der Waals surface area (Å²) in [6, 6.07) is 14.2. The lowest BCUT2D eigenvalue weighted by Gasteiger charge is -2.26. The molecule has 3 rings (SSSR count). The first-order chi connectivity index (χ1) is 15.7. The zero-order valence-electron chi connectivity index (χ0n) is 20.2. The molecule has 1 atom stereocenters. The summed E-state index contributed by atoms with van der Waals surface area (Å²) in [6.07, 6.45) is 0.726. The Bertz CT molecular complexity index is 1030. The predicted molar refractivity (Wildman–Crippen MR) is 130 cm³/mol. The zero-order valence-corrected chi connectivity index (χ0v) is 20.2. The second-order valence-electron chi connectivity index (χ2n) is 9.24. The highest BCUT2D eigenvalue weighted by Gasteiger charge is 2.45. The number of aryl methyl sites for hydroxylation is 1. The Balaban J connectivity index is 2.02. The van der Waals surface area contributed by atoms with Crippen LogP contribution in [0, 0.1) is 12.8 Å². The molecular formula is C27H34N2O4. The molecule has 0 unspecified atom stereocenters.